The highest BCUT2D eigenvalue weighted by molar-refractivity contribution is 5.82. The monoisotopic (exact) mass is 436 g/mol. The summed E-state index contributed by atoms with van der Waals surface area (Å²) < 4.78 is 5.62. The number of unbranched alkanes of at least 4 members (excludes halogenated alkanes) is 2. The number of benzene rings is 1. The van der Waals surface area contributed by atoms with E-state index in [2.05, 4.69) is 31.2 Å². The largest absolute Gasteiger partial charge is 0.459 e. The number of hydrogen-bond donors (Lipinski definition) is 0. The molecule has 0 saturated heterocycles. The molecule has 176 valence electrons. The Morgan fingerprint density at radius 1 is 0.938 bits per heavy atom. The Hall–Kier alpha value is -1.57. The van der Waals surface area contributed by atoms with Crippen LogP contribution in [0.15, 0.2) is 36.4 Å². The molecule has 0 amide bonds. The molecule has 0 radical (unpaired) electrons. The highest BCUT2D eigenvalue weighted by Crippen LogP contribution is 2.59. The van der Waals surface area contributed by atoms with E-state index in [1.165, 1.54) is 69.8 Å². The number of fused-ring (bicyclic) bond motifs is 3. The minimum absolute atomic E-state index is 0.0977. The van der Waals surface area contributed by atoms with Gasteiger partial charge in [0.05, 0.1) is 0 Å². The molecule has 0 atom stereocenters. The van der Waals surface area contributed by atoms with Crippen LogP contribution in [0, 0.1) is 5.41 Å². The lowest BCUT2D eigenvalue weighted by molar-refractivity contribution is -0.144. The molecule has 4 aliphatic carbocycles. The Bertz CT molecular complexity index is 742. The van der Waals surface area contributed by atoms with Gasteiger partial charge in [-0.25, -0.2) is 4.79 Å². The summed E-state index contributed by atoms with van der Waals surface area (Å²) in [5.74, 6) is 0.444. The second-order valence-electron chi connectivity index (χ2n) is 11.1. The second-order valence-corrected chi connectivity index (χ2v) is 11.1. The number of hydrogen-bond acceptors (Lipinski definition) is 2. The van der Waals surface area contributed by atoms with Crippen molar-refractivity contribution in [1.82, 2.24) is 0 Å². The van der Waals surface area contributed by atoms with Gasteiger partial charge in [0.1, 0.15) is 6.10 Å². The van der Waals surface area contributed by atoms with Crippen molar-refractivity contribution in [2.75, 3.05) is 0 Å². The van der Waals surface area contributed by atoms with Gasteiger partial charge in [0, 0.05) is 6.08 Å². The summed E-state index contributed by atoms with van der Waals surface area (Å²) >= 11 is 0. The van der Waals surface area contributed by atoms with Gasteiger partial charge >= 0.3 is 5.97 Å². The van der Waals surface area contributed by atoms with Crippen LogP contribution in [0.4, 0.5) is 0 Å². The molecule has 4 saturated carbocycles. The van der Waals surface area contributed by atoms with Gasteiger partial charge in [0.25, 0.3) is 0 Å². The van der Waals surface area contributed by atoms with E-state index in [9.17, 15) is 4.79 Å². The van der Waals surface area contributed by atoms with Crippen molar-refractivity contribution in [3.63, 3.8) is 0 Å². The Labute approximate surface area is 196 Å². The van der Waals surface area contributed by atoms with Crippen LogP contribution in [0.1, 0.15) is 127 Å². The van der Waals surface area contributed by atoms with E-state index in [-0.39, 0.29) is 12.1 Å². The number of rotatable bonds is 9. The van der Waals surface area contributed by atoms with Gasteiger partial charge in [-0.05, 0) is 105 Å². The fraction of sp³-hybridized carbons (Fsp3) is 0.700. The van der Waals surface area contributed by atoms with Crippen molar-refractivity contribution in [1.29, 1.82) is 0 Å². The molecule has 2 heteroatoms. The molecule has 0 aromatic heterocycles. The predicted molar refractivity (Wildman–Crippen MR) is 133 cm³/mol. The average molecular weight is 437 g/mol. The van der Waals surface area contributed by atoms with Crippen LogP contribution in [0.3, 0.4) is 0 Å². The Morgan fingerprint density at radius 2 is 1.59 bits per heavy atom. The van der Waals surface area contributed by atoms with Gasteiger partial charge in [-0.1, -0.05) is 63.5 Å². The lowest BCUT2D eigenvalue weighted by atomic mass is 9.51. The first-order valence-electron chi connectivity index (χ1n) is 13.6. The van der Waals surface area contributed by atoms with E-state index >= 15 is 0 Å². The number of carbonyl (C=O) groups is 1. The summed E-state index contributed by atoms with van der Waals surface area (Å²) in [5.41, 5.74) is 4.24. The summed E-state index contributed by atoms with van der Waals surface area (Å²) in [6.45, 7) is 4.35. The van der Waals surface area contributed by atoms with Crippen LogP contribution in [0.5, 0.6) is 0 Å². The zero-order chi connectivity index (χ0) is 22.4. The molecule has 32 heavy (non-hydrogen) atoms. The van der Waals surface area contributed by atoms with Crippen LogP contribution < -0.4 is 0 Å². The average Bonchev–Trinajstić information content (AvgIpc) is 2.85. The topological polar surface area (TPSA) is 26.3 Å². The van der Waals surface area contributed by atoms with Gasteiger partial charge in [0.2, 0.25) is 0 Å². The van der Waals surface area contributed by atoms with Crippen LogP contribution >= 0.6 is 0 Å². The van der Waals surface area contributed by atoms with Crippen LogP contribution in [-0.4, -0.2) is 12.1 Å². The van der Waals surface area contributed by atoms with E-state index in [0.29, 0.717) is 16.7 Å². The lowest BCUT2D eigenvalue weighted by Gasteiger charge is -2.54. The normalized spacial score (nSPS) is 32.3. The fourth-order valence-electron chi connectivity index (χ4n) is 6.86. The van der Waals surface area contributed by atoms with Crippen molar-refractivity contribution in [2.45, 2.75) is 128 Å². The fourth-order valence-corrected chi connectivity index (χ4v) is 6.86. The quantitative estimate of drug-likeness (QED) is 0.221. The van der Waals surface area contributed by atoms with Gasteiger partial charge in [-0.2, -0.15) is 0 Å². The molecule has 2 nitrogen and oxygen atoms in total. The van der Waals surface area contributed by atoms with Crippen molar-refractivity contribution in [3.8, 4) is 0 Å². The Morgan fingerprint density at radius 3 is 2.19 bits per heavy atom. The van der Waals surface area contributed by atoms with Crippen molar-refractivity contribution in [2.24, 2.45) is 5.41 Å². The first-order valence-corrected chi connectivity index (χ1v) is 13.6. The molecule has 5 rings (SSSR count). The number of esters is 1. The summed E-state index contributed by atoms with van der Waals surface area (Å²) in [6, 6.07) is 9.77. The van der Waals surface area contributed by atoms with Crippen LogP contribution in [0.2, 0.25) is 0 Å². The van der Waals surface area contributed by atoms with Gasteiger partial charge in [-0.3, -0.25) is 0 Å². The van der Waals surface area contributed by atoms with E-state index < -0.39 is 0 Å². The molecule has 0 heterocycles. The summed E-state index contributed by atoms with van der Waals surface area (Å²) in [5, 5.41) is 0. The molecule has 0 unspecified atom stereocenters. The SMILES string of the molecule is CC/C=C/C(=O)OC1CCC(c2ccc(C34CCC(CCCCC)(CC3)CC4)cc2)CC1. The van der Waals surface area contributed by atoms with E-state index in [1.54, 1.807) is 11.6 Å². The Kier molecular flexibility index (Phi) is 7.79. The van der Waals surface area contributed by atoms with Crippen molar-refractivity contribution < 1.29 is 9.53 Å². The number of ether oxygens (including phenoxy) is 1. The minimum Gasteiger partial charge on any atom is -0.459 e. The standard InChI is InChI=1S/C30H44O2/c1-3-5-7-17-29-18-21-30(22-19-29,23-20-29)26-13-9-24(10-14-26)25-11-15-27(16-12-25)32-28(31)8-6-4-2/h6,8-10,13-14,25,27H,3-5,7,11-12,15-23H2,1-2H3/b8-6+. The van der Waals surface area contributed by atoms with Crippen molar-refractivity contribution in [3.05, 3.63) is 47.5 Å². The van der Waals surface area contributed by atoms with Gasteiger partial charge in [-0.15, -0.1) is 0 Å². The molecule has 0 aliphatic heterocycles. The maximum Gasteiger partial charge on any atom is 0.330 e. The molecule has 0 N–H and O–H groups in total. The third kappa shape index (κ3) is 5.32. The third-order valence-corrected chi connectivity index (χ3v) is 9.15. The highest BCUT2D eigenvalue weighted by atomic mass is 16.5. The van der Waals surface area contributed by atoms with E-state index in [1.807, 2.05) is 13.0 Å². The first kappa shape index (κ1) is 23.6. The molecule has 4 aliphatic rings. The van der Waals surface area contributed by atoms with Crippen molar-refractivity contribution >= 4 is 5.97 Å². The molecule has 1 aromatic rings. The maximum atomic E-state index is 11.8. The molecule has 1 aromatic carbocycles. The zero-order valence-corrected chi connectivity index (χ0v) is 20.5. The second kappa shape index (κ2) is 10.6. The van der Waals surface area contributed by atoms with Crippen LogP contribution in [0.25, 0.3) is 0 Å². The first-order chi connectivity index (χ1) is 15.6. The Balaban J connectivity index is 1.29. The molecular weight excluding hydrogens is 392 g/mol. The third-order valence-electron chi connectivity index (χ3n) is 9.15. The van der Waals surface area contributed by atoms with Gasteiger partial charge < -0.3 is 4.74 Å². The lowest BCUT2D eigenvalue weighted by Crippen LogP contribution is -2.44. The predicted octanol–water partition coefficient (Wildman–Crippen LogP) is 8.39. The summed E-state index contributed by atoms with van der Waals surface area (Å²) in [4.78, 5) is 11.8. The van der Waals surface area contributed by atoms with Crippen LogP contribution in [-0.2, 0) is 14.9 Å². The maximum absolute atomic E-state index is 11.8. The summed E-state index contributed by atoms with van der Waals surface area (Å²) in [7, 11) is 0. The summed E-state index contributed by atoms with van der Waals surface area (Å²) in [6.07, 6.45) is 22.9. The minimum atomic E-state index is -0.173. The molecule has 2 bridgehead atoms. The van der Waals surface area contributed by atoms with E-state index in [0.717, 1.165) is 32.1 Å². The molecule has 4 fully saturated rings. The zero-order valence-electron chi connectivity index (χ0n) is 20.5. The van der Waals surface area contributed by atoms with Gasteiger partial charge in [0.15, 0.2) is 0 Å². The highest BCUT2D eigenvalue weighted by Gasteiger charge is 2.48. The number of allylic oxidation sites excluding steroid dienone is 1. The molecular formula is C30H44O2. The smallest absolute Gasteiger partial charge is 0.330 e. The van der Waals surface area contributed by atoms with E-state index in [4.69, 9.17) is 4.74 Å². The molecule has 0 spiro atoms. The number of carbonyl (C=O) groups excluding carboxylic acids is 1.